The lowest BCUT2D eigenvalue weighted by Crippen LogP contribution is -2.15. The van der Waals surface area contributed by atoms with Gasteiger partial charge in [0, 0.05) is 59.2 Å². The molecule has 0 unspecified atom stereocenters. The monoisotopic (exact) mass is 847 g/mol. The van der Waals surface area contributed by atoms with Crippen molar-refractivity contribution in [2.24, 2.45) is 0 Å². The molecule has 1 aliphatic heterocycles. The van der Waals surface area contributed by atoms with Gasteiger partial charge in [-0.2, -0.15) is 0 Å². The van der Waals surface area contributed by atoms with Crippen LogP contribution in [0, 0.1) is 0 Å². The van der Waals surface area contributed by atoms with Gasteiger partial charge < -0.3 is 18.5 Å². The zero-order chi connectivity index (χ0) is 42.6. The fourth-order valence-corrected chi connectivity index (χ4v) is 11.4. The second-order valence-corrected chi connectivity index (χ2v) is 18.0. The van der Waals surface area contributed by atoms with Gasteiger partial charge in [0.05, 0.1) is 33.4 Å². The van der Waals surface area contributed by atoms with E-state index in [0.29, 0.717) is 0 Å². The van der Waals surface area contributed by atoms with Crippen LogP contribution < -0.4 is 4.90 Å². The molecule has 0 N–H and O–H groups in total. The number of hydrogen-bond donors (Lipinski definition) is 0. The Labute approximate surface area is 378 Å². The van der Waals surface area contributed by atoms with Crippen molar-refractivity contribution in [1.82, 2.24) is 9.13 Å². The average Bonchev–Trinajstić information content (AvgIpc) is 4.03. The van der Waals surface area contributed by atoms with Crippen molar-refractivity contribution in [2.75, 3.05) is 4.90 Å². The summed E-state index contributed by atoms with van der Waals surface area (Å²) in [5.74, 6) is 0. The van der Waals surface area contributed by atoms with Crippen LogP contribution in [-0.2, 0) is 0 Å². The van der Waals surface area contributed by atoms with Gasteiger partial charge in [0.1, 0.15) is 11.2 Å². The predicted molar refractivity (Wildman–Crippen MR) is 272 cm³/mol. The topological polar surface area (TPSA) is 26.2 Å². The summed E-state index contributed by atoms with van der Waals surface area (Å²) in [6.07, 6.45) is 0. The summed E-state index contributed by atoms with van der Waals surface area (Å²) in [5.41, 5.74) is 17.0. The molecule has 3 aromatic heterocycles. The quantitative estimate of drug-likeness (QED) is 0.173. The molecule has 0 aliphatic carbocycles. The first-order valence-corrected chi connectivity index (χ1v) is 22.9. The van der Waals surface area contributed by atoms with Crippen molar-refractivity contribution in [3.8, 4) is 33.6 Å². The second kappa shape index (κ2) is 14.1. The Morgan fingerprint density at radius 2 is 0.754 bits per heavy atom. The van der Waals surface area contributed by atoms with Gasteiger partial charge in [0.2, 0.25) is 0 Å². The van der Waals surface area contributed by atoms with Crippen LogP contribution in [-0.4, -0.2) is 9.13 Å². The number of benzene rings is 10. The number of rotatable bonds is 5. The Kier molecular flexibility index (Phi) is 7.88. The molecule has 4 heterocycles. The lowest BCUT2D eigenvalue weighted by atomic mass is 10.0. The van der Waals surface area contributed by atoms with E-state index in [4.69, 9.17) is 4.42 Å². The van der Waals surface area contributed by atoms with Crippen molar-refractivity contribution < 1.29 is 4.42 Å². The van der Waals surface area contributed by atoms with Gasteiger partial charge in [-0.05, 0) is 119 Å². The van der Waals surface area contributed by atoms with E-state index in [-0.39, 0.29) is 0 Å². The summed E-state index contributed by atoms with van der Waals surface area (Å²) in [6, 6.07) is 81.7. The minimum absolute atomic E-state index is 0.885. The molecule has 0 fully saturated rings. The lowest BCUT2D eigenvalue weighted by Gasteiger charge is -2.33. The first kappa shape index (κ1) is 36.3. The molecule has 0 saturated carbocycles. The van der Waals surface area contributed by atoms with Crippen molar-refractivity contribution >= 4 is 94.4 Å². The van der Waals surface area contributed by atoms with E-state index in [2.05, 4.69) is 232 Å². The van der Waals surface area contributed by atoms with E-state index in [9.17, 15) is 0 Å². The molecule has 0 amide bonds. The number of fused-ring (bicyclic) bond motifs is 11. The molecule has 0 atom stereocenters. The average molecular weight is 848 g/mol. The molecule has 0 radical (unpaired) electrons. The van der Waals surface area contributed by atoms with E-state index < -0.39 is 0 Å². The van der Waals surface area contributed by atoms with Crippen molar-refractivity contribution in [1.29, 1.82) is 0 Å². The summed E-state index contributed by atoms with van der Waals surface area (Å²) >= 11 is 1.85. The Morgan fingerprint density at radius 1 is 0.292 bits per heavy atom. The normalized spacial score (nSPS) is 12.5. The highest BCUT2D eigenvalue weighted by Crippen LogP contribution is 2.54. The Balaban J connectivity index is 0.982. The SMILES string of the molecule is c1ccc(-c2ccc3c(c2)c2cc(-c4ccccc4)ccc2n3-c2ccc3c(c2)Sc2cc(-n4c5ccccc5c5ccccc54)ccc2N3c2ccc3oc4ccccc4c3c2)cc1. The zero-order valence-corrected chi connectivity index (χ0v) is 35.8. The minimum atomic E-state index is 0.885. The standard InChI is InChI=1S/C60H37N3OS/c1-3-13-38(14-4-1)40-23-28-53-48(33-40)49-34-41(39-15-5-2-6-16-39)24-29-54(49)62(53)44-26-31-56-60(37-44)65-59-36-43(61-51-20-10-7-17-45(51)46-18-8-11-21-52(46)61)25-30-55(59)63(56)42-27-32-58-50(35-42)47-19-9-12-22-57(47)64-58/h1-37H. The number of anilines is 3. The maximum atomic E-state index is 6.33. The summed E-state index contributed by atoms with van der Waals surface area (Å²) in [6.45, 7) is 0. The highest BCUT2D eigenvalue weighted by molar-refractivity contribution is 7.99. The summed E-state index contributed by atoms with van der Waals surface area (Å²) < 4.78 is 11.2. The molecule has 10 aromatic carbocycles. The fourth-order valence-electron chi connectivity index (χ4n) is 10.3. The van der Waals surface area contributed by atoms with Crippen LogP contribution in [0.4, 0.5) is 17.1 Å². The van der Waals surface area contributed by atoms with Crippen molar-refractivity contribution in [3.63, 3.8) is 0 Å². The molecule has 0 saturated heterocycles. The molecule has 14 rings (SSSR count). The predicted octanol–water partition coefficient (Wildman–Crippen LogP) is 17.0. The third kappa shape index (κ3) is 5.59. The number of nitrogens with zero attached hydrogens (tertiary/aromatic N) is 3. The summed E-state index contributed by atoms with van der Waals surface area (Å²) in [5, 5.41) is 7.19. The maximum Gasteiger partial charge on any atom is 0.135 e. The van der Waals surface area contributed by atoms with Crippen LogP contribution in [0.15, 0.2) is 239 Å². The minimum Gasteiger partial charge on any atom is -0.456 e. The number of para-hydroxylation sites is 3. The molecule has 5 heteroatoms. The molecule has 13 aromatic rings. The third-order valence-corrected chi connectivity index (χ3v) is 14.4. The van der Waals surface area contributed by atoms with Gasteiger partial charge in [-0.3, -0.25) is 0 Å². The molecular weight excluding hydrogens is 811 g/mol. The Morgan fingerprint density at radius 3 is 1.32 bits per heavy atom. The van der Waals surface area contributed by atoms with E-state index in [1.807, 2.05) is 17.8 Å². The van der Waals surface area contributed by atoms with Crippen LogP contribution in [0.2, 0.25) is 0 Å². The van der Waals surface area contributed by atoms with E-state index >= 15 is 0 Å². The van der Waals surface area contributed by atoms with Crippen LogP contribution in [0.5, 0.6) is 0 Å². The Bertz CT molecular complexity index is 3900. The number of furan rings is 1. The summed E-state index contributed by atoms with van der Waals surface area (Å²) in [4.78, 5) is 4.81. The van der Waals surface area contributed by atoms with E-state index in [1.165, 1.54) is 75.7 Å². The lowest BCUT2D eigenvalue weighted by molar-refractivity contribution is 0.669. The maximum absolute atomic E-state index is 6.33. The molecule has 304 valence electrons. The third-order valence-electron chi connectivity index (χ3n) is 13.3. The van der Waals surface area contributed by atoms with Gasteiger partial charge in [0.15, 0.2) is 0 Å². The summed E-state index contributed by atoms with van der Waals surface area (Å²) in [7, 11) is 0. The second-order valence-electron chi connectivity index (χ2n) is 16.9. The first-order valence-electron chi connectivity index (χ1n) is 22.1. The van der Waals surface area contributed by atoms with E-state index in [0.717, 1.165) is 50.4 Å². The van der Waals surface area contributed by atoms with Crippen molar-refractivity contribution in [3.05, 3.63) is 224 Å². The van der Waals surface area contributed by atoms with Gasteiger partial charge in [-0.15, -0.1) is 0 Å². The molecule has 65 heavy (non-hydrogen) atoms. The van der Waals surface area contributed by atoms with Crippen LogP contribution in [0.1, 0.15) is 0 Å². The zero-order valence-electron chi connectivity index (χ0n) is 35.0. The fraction of sp³-hybridized carbons (Fsp3) is 0. The number of hydrogen-bond acceptors (Lipinski definition) is 3. The molecular formula is C60H37N3OS. The van der Waals surface area contributed by atoms with Crippen LogP contribution in [0.3, 0.4) is 0 Å². The van der Waals surface area contributed by atoms with Gasteiger partial charge in [-0.1, -0.05) is 139 Å². The Hall–Kier alpha value is -8.25. The smallest absolute Gasteiger partial charge is 0.135 e. The molecule has 1 aliphatic rings. The van der Waals surface area contributed by atoms with Crippen molar-refractivity contribution in [2.45, 2.75) is 9.79 Å². The first-order chi connectivity index (χ1) is 32.2. The molecule has 4 nitrogen and oxygen atoms in total. The molecule has 0 bridgehead atoms. The highest BCUT2D eigenvalue weighted by Gasteiger charge is 2.28. The van der Waals surface area contributed by atoms with Gasteiger partial charge in [-0.25, -0.2) is 0 Å². The van der Waals surface area contributed by atoms with E-state index in [1.54, 1.807) is 0 Å². The van der Waals surface area contributed by atoms with Gasteiger partial charge >= 0.3 is 0 Å². The highest BCUT2D eigenvalue weighted by atomic mass is 32.2. The number of aromatic nitrogens is 2. The van der Waals surface area contributed by atoms with Crippen LogP contribution in [0.25, 0.3) is 99.2 Å². The molecule has 0 spiro atoms. The van der Waals surface area contributed by atoms with Crippen LogP contribution >= 0.6 is 11.8 Å². The van der Waals surface area contributed by atoms with Gasteiger partial charge in [0.25, 0.3) is 0 Å². The largest absolute Gasteiger partial charge is 0.456 e.